The number of halogens is 3. The summed E-state index contributed by atoms with van der Waals surface area (Å²) in [7, 11) is 0. The molecule has 5 aromatic carbocycles. The highest BCUT2D eigenvalue weighted by atomic mass is 19.4. The Balaban J connectivity index is 1.32. The molecule has 7 heteroatoms. The zero-order valence-electron chi connectivity index (χ0n) is 24.6. The summed E-state index contributed by atoms with van der Waals surface area (Å²) in [6, 6.07) is 33.1. The number of anilines is 1. The van der Waals surface area contributed by atoms with E-state index >= 15 is 0 Å². The second-order valence-electron chi connectivity index (χ2n) is 10.8. The van der Waals surface area contributed by atoms with Gasteiger partial charge in [0.05, 0.1) is 5.56 Å². The largest absolute Gasteiger partial charge is 0.489 e. The number of amides is 1. The molecular formula is C37H32F3NO3. The standard InChI is InChI=1S/C37H32F3NO3/c1-24(2)33-22-35(41-36(42)27-15-17-31(18-16-27)44-30-12-5-4-6-13-30)25(3)19-34(33)28-10-7-9-26(20-28)23-43-32-14-8-11-29(21-32)37(38,39)40/h4-22,24H,23H2,1-3H3,(H,41,42). The van der Waals surface area contributed by atoms with E-state index in [1.807, 2.05) is 67.6 Å². The molecule has 44 heavy (non-hydrogen) atoms. The molecule has 0 aliphatic heterocycles. The van der Waals surface area contributed by atoms with E-state index in [1.165, 1.54) is 12.1 Å². The fourth-order valence-electron chi connectivity index (χ4n) is 4.84. The number of hydrogen-bond acceptors (Lipinski definition) is 3. The molecule has 0 fully saturated rings. The Hall–Kier alpha value is -5.04. The summed E-state index contributed by atoms with van der Waals surface area (Å²) in [5.41, 5.74) is 5.21. The molecule has 0 aromatic heterocycles. The summed E-state index contributed by atoms with van der Waals surface area (Å²) < 4.78 is 50.8. The first-order valence-corrected chi connectivity index (χ1v) is 14.2. The van der Waals surface area contributed by atoms with Crippen LogP contribution in [0.4, 0.5) is 18.9 Å². The van der Waals surface area contributed by atoms with Gasteiger partial charge in [-0.2, -0.15) is 13.2 Å². The monoisotopic (exact) mass is 595 g/mol. The molecule has 0 atom stereocenters. The number of carbonyl (C=O) groups excluding carboxylic acids is 1. The van der Waals surface area contributed by atoms with Crippen molar-refractivity contribution in [2.24, 2.45) is 0 Å². The van der Waals surface area contributed by atoms with Gasteiger partial charge in [-0.1, -0.05) is 56.3 Å². The minimum atomic E-state index is -4.43. The highest BCUT2D eigenvalue weighted by Gasteiger charge is 2.30. The van der Waals surface area contributed by atoms with Gasteiger partial charge in [0.2, 0.25) is 0 Å². The number of carbonyl (C=O) groups is 1. The second kappa shape index (κ2) is 13.1. The SMILES string of the molecule is Cc1cc(-c2cccc(COc3cccc(C(F)(F)F)c3)c2)c(C(C)C)cc1NC(=O)c1ccc(Oc2ccccc2)cc1. The third-order valence-corrected chi connectivity index (χ3v) is 7.17. The van der Waals surface area contributed by atoms with E-state index < -0.39 is 11.7 Å². The molecule has 0 saturated heterocycles. The van der Waals surface area contributed by atoms with Crippen LogP contribution >= 0.6 is 0 Å². The van der Waals surface area contributed by atoms with Crippen molar-refractivity contribution >= 4 is 11.6 Å². The van der Waals surface area contributed by atoms with Gasteiger partial charge >= 0.3 is 6.18 Å². The van der Waals surface area contributed by atoms with Crippen molar-refractivity contribution in [2.75, 3.05) is 5.32 Å². The molecule has 0 bridgehead atoms. The molecule has 0 spiro atoms. The molecule has 0 heterocycles. The molecule has 0 unspecified atom stereocenters. The normalized spacial score (nSPS) is 11.3. The number of rotatable bonds is 9. The molecule has 5 rings (SSSR count). The summed E-state index contributed by atoms with van der Waals surface area (Å²) in [5, 5.41) is 3.05. The van der Waals surface area contributed by atoms with E-state index in [-0.39, 0.29) is 24.2 Å². The van der Waals surface area contributed by atoms with Crippen LogP contribution < -0.4 is 14.8 Å². The summed E-state index contributed by atoms with van der Waals surface area (Å²) in [6.07, 6.45) is -4.43. The quantitative estimate of drug-likeness (QED) is 0.184. The molecule has 224 valence electrons. The molecular weight excluding hydrogens is 563 g/mol. The Kier molecular flexibility index (Phi) is 9.04. The average molecular weight is 596 g/mol. The van der Waals surface area contributed by atoms with Crippen molar-refractivity contribution in [1.29, 1.82) is 0 Å². The van der Waals surface area contributed by atoms with Gasteiger partial charge in [0.15, 0.2) is 0 Å². The van der Waals surface area contributed by atoms with Crippen LogP contribution in [0.3, 0.4) is 0 Å². The van der Waals surface area contributed by atoms with E-state index in [2.05, 4.69) is 25.2 Å². The zero-order chi connectivity index (χ0) is 31.3. The van der Waals surface area contributed by atoms with Gasteiger partial charge < -0.3 is 14.8 Å². The highest BCUT2D eigenvalue weighted by Crippen LogP contribution is 2.35. The lowest BCUT2D eigenvalue weighted by Gasteiger charge is -2.19. The Bertz CT molecular complexity index is 1750. The van der Waals surface area contributed by atoms with Gasteiger partial charge in [-0.3, -0.25) is 4.79 Å². The molecule has 4 nitrogen and oxygen atoms in total. The lowest BCUT2D eigenvalue weighted by atomic mass is 9.89. The summed E-state index contributed by atoms with van der Waals surface area (Å²) >= 11 is 0. The number of aryl methyl sites for hydroxylation is 1. The minimum Gasteiger partial charge on any atom is -0.489 e. The van der Waals surface area contributed by atoms with Crippen molar-refractivity contribution < 1.29 is 27.4 Å². The van der Waals surface area contributed by atoms with Crippen molar-refractivity contribution in [3.8, 4) is 28.4 Å². The van der Waals surface area contributed by atoms with Gasteiger partial charge in [0.25, 0.3) is 5.91 Å². The molecule has 0 saturated carbocycles. The van der Waals surface area contributed by atoms with Gasteiger partial charge in [0, 0.05) is 11.3 Å². The third kappa shape index (κ3) is 7.48. The third-order valence-electron chi connectivity index (χ3n) is 7.17. The van der Waals surface area contributed by atoms with Crippen molar-refractivity contribution in [3.05, 3.63) is 143 Å². The van der Waals surface area contributed by atoms with E-state index in [9.17, 15) is 18.0 Å². The summed E-state index contributed by atoms with van der Waals surface area (Å²) in [6.45, 7) is 6.24. The lowest BCUT2D eigenvalue weighted by molar-refractivity contribution is -0.137. The number of benzene rings is 5. The number of ether oxygens (including phenoxy) is 2. The van der Waals surface area contributed by atoms with Gasteiger partial charge in [-0.05, 0) is 113 Å². The smallest absolute Gasteiger partial charge is 0.416 e. The minimum absolute atomic E-state index is 0.120. The van der Waals surface area contributed by atoms with E-state index in [0.29, 0.717) is 11.3 Å². The number of nitrogens with one attached hydrogen (secondary N) is 1. The van der Waals surface area contributed by atoms with Crippen LogP contribution in [0.25, 0.3) is 11.1 Å². The van der Waals surface area contributed by atoms with E-state index in [4.69, 9.17) is 9.47 Å². The molecule has 0 aliphatic rings. The van der Waals surface area contributed by atoms with Crippen LogP contribution in [0, 0.1) is 6.92 Å². The van der Waals surface area contributed by atoms with Crippen LogP contribution in [-0.2, 0) is 12.8 Å². The number of alkyl halides is 3. The van der Waals surface area contributed by atoms with Crippen LogP contribution in [-0.4, -0.2) is 5.91 Å². The van der Waals surface area contributed by atoms with Gasteiger partial charge in [-0.15, -0.1) is 0 Å². The summed E-state index contributed by atoms with van der Waals surface area (Å²) in [4.78, 5) is 13.2. The Labute approximate surface area is 255 Å². The molecule has 1 amide bonds. The molecule has 1 N–H and O–H groups in total. The Morgan fingerprint density at radius 2 is 1.45 bits per heavy atom. The average Bonchev–Trinajstić information content (AvgIpc) is 3.01. The Morgan fingerprint density at radius 3 is 2.16 bits per heavy atom. The predicted molar refractivity (Wildman–Crippen MR) is 167 cm³/mol. The maximum Gasteiger partial charge on any atom is 0.416 e. The van der Waals surface area contributed by atoms with Gasteiger partial charge in [0.1, 0.15) is 23.9 Å². The lowest BCUT2D eigenvalue weighted by Crippen LogP contribution is -2.13. The van der Waals surface area contributed by atoms with Crippen LogP contribution in [0.5, 0.6) is 17.2 Å². The summed E-state index contributed by atoms with van der Waals surface area (Å²) in [5.74, 6) is 1.44. The maximum atomic E-state index is 13.2. The fourth-order valence-corrected chi connectivity index (χ4v) is 4.84. The first kappa shape index (κ1) is 30.4. The van der Waals surface area contributed by atoms with E-state index in [0.717, 1.165) is 51.4 Å². The van der Waals surface area contributed by atoms with E-state index in [1.54, 1.807) is 24.3 Å². The highest BCUT2D eigenvalue weighted by molar-refractivity contribution is 6.05. The van der Waals surface area contributed by atoms with Crippen molar-refractivity contribution in [1.82, 2.24) is 0 Å². The van der Waals surface area contributed by atoms with Crippen LogP contribution in [0.15, 0.2) is 115 Å². The first-order chi connectivity index (χ1) is 21.1. The molecule has 5 aromatic rings. The van der Waals surface area contributed by atoms with Crippen molar-refractivity contribution in [3.63, 3.8) is 0 Å². The van der Waals surface area contributed by atoms with Crippen molar-refractivity contribution in [2.45, 2.75) is 39.5 Å². The Morgan fingerprint density at radius 1 is 0.773 bits per heavy atom. The maximum absolute atomic E-state index is 13.2. The first-order valence-electron chi connectivity index (χ1n) is 14.2. The zero-order valence-corrected chi connectivity index (χ0v) is 24.6. The molecule has 0 radical (unpaired) electrons. The van der Waals surface area contributed by atoms with Crippen LogP contribution in [0.1, 0.15) is 52.4 Å². The van der Waals surface area contributed by atoms with Gasteiger partial charge in [-0.25, -0.2) is 0 Å². The van der Waals surface area contributed by atoms with Crippen LogP contribution in [0.2, 0.25) is 0 Å². The predicted octanol–water partition coefficient (Wildman–Crippen LogP) is 10.4. The topological polar surface area (TPSA) is 47.6 Å². The second-order valence-corrected chi connectivity index (χ2v) is 10.8. The number of hydrogen-bond donors (Lipinski definition) is 1. The number of para-hydroxylation sites is 1. The molecule has 0 aliphatic carbocycles. The fraction of sp³-hybridized carbons (Fsp3) is 0.162.